The molecule has 0 saturated heterocycles. The SMILES string of the molecule is CCCN(C)c1ncnc(NCC)c1C. The van der Waals surface area contributed by atoms with Crippen LogP contribution in [0.2, 0.25) is 0 Å². The van der Waals surface area contributed by atoms with Crippen LogP contribution in [0.5, 0.6) is 0 Å². The molecule has 1 aromatic rings. The Balaban J connectivity index is 2.92. The number of hydrogen-bond acceptors (Lipinski definition) is 4. The van der Waals surface area contributed by atoms with E-state index in [2.05, 4.69) is 48.0 Å². The van der Waals surface area contributed by atoms with Gasteiger partial charge in [-0.25, -0.2) is 9.97 Å². The van der Waals surface area contributed by atoms with E-state index in [0.717, 1.165) is 36.7 Å². The van der Waals surface area contributed by atoms with Crippen LogP contribution in [0.15, 0.2) is 6.33 Å². The molecule has 0 aliphatic rings. The number of hydrogen-bond donors (Lipinski definition) is 1. The number of aromatic nitrogens is 2. The lowest BCUT2D eigenvalue weighted by atomic mass is 10.3. The Kier molecular flexibility index (Phi) is 4.34. The Morgan fingerprint density at radius 2 is 2.07 bits per heavy atom. The molecule has 84 valence electrons. The molecule has 15 heavy (non-hydrogen) atoms. The molecule has 0 amide bonds. The zero-order chi connectivity index (χ0) is 11.3. The monoisotopic (exact) mass is 208 g/mol. The third-order valence-electron chi connectivity index (χ3n) is 2.32. The topological polar surface area (TPSA) is 41.1 Å². The largest absolute Gasteiger partial charge is 0.370 e. The molecule has 0 spiro atoms. The Morgan fingerprint density at radius 3 is 2.67 bits per heavy atom. The average molecular weight is 208 g/mol. The summed E-state index contributed by atoms with van der Waals surface area (Å²) in [5.41, 5.74) is 1.12. The fourth-order valence-corrected chi connectivity index (χ4v) is 1.61. The molecule has 0 fully saturated rings. The van der Waals surface area contributed by atoms with Gasteiger partial charge in [-0.05, 0) is 20.3 Å². The van der Waals surface area contributed by atoms with Crippen molar-refractivity contribution in [3.8, 4) is 0 Å². The van der Waals surface area contributed by atoms with E-state index in [0.29, 0.717) is 0 Å². The van der Waals surface area contributed by atoms with E-state index < -0.39 is 0 Å². The van der Waals surface area contributed by atoms with Crippen molar-refractivity contribution in [1.29, 1.82) is 0 Å². The number of nitrogens with one attached hydrogen (secondary N) is 1. The fraction of sp³-hybridized carbons (Fsp3) is 0.636. The standard InChI is InChI=1S/C11H20N4/c1-5-7-15(4)11-9(3)10(12-6-2)13-8-14-11/h8H,5-7H2,1-4H3,(H,12,13,14). The first-order valence-electron chi connectivity index (χ1n) is 5.47. The van der Waals surface area contributed by atoms with Gasteiger partial charge in [0, 0.05) is 25.7 Å². The van der Waals surface area contributed by atoms with Gasteiger partial charge < -0.3 is 10.2 Å². The Hall–Kier alpha value is -1.32. The average Bonchev–Trinajstić information content (AvgIpc) is 2.22. The van der Waals surface area contributed by atoms with Crippen molar-refractivity contribution in [1.82, 2.24) is 9.97 Å². The molecule has 0 aromatic carbocycles. The second-order valence-electron chi connectivity index (χ2n) is 3.62. The molecule has 0 bridgehead atoms. The summed E-state index contributed by atoms with van der Waals surface area (Å²) >= 11 is 0. The summed E-state index contributed by atoms with van der Waals surface area (Å²) in [5, 5.41) is 3.24. The van der Waals surface area contributed by atoms with Crippen LogP contribution in [0.1, 0.15) is 25.8 Å². The van der Waals surface area contributed by atoms with E-state index in [-0.39, 0.29) is 0 Å². The number of rotatable bonds is 5. The molecular formula is C11H20N4. The molecule has 0 saturated carbocycles. The summed E-state index contributed by atoms with van der Waals surface area (Å²) < 4.78 is 0. The molecule has 0 aliphatic carbocycles. The Bertz CT molecular complexity index is 311. The van der Waals surface area contributed by atoms with E-state index in [1.54, 1.807) is 6.33 Å². The van der Waals surface area contributed by atoms with Crippen LogP contribution in [-0.4, -0.2) is 30.1 Å². The quantitative estimate of drug-likeness (QED) is 0.804. The Morgan fingerprint density at radius 1 is 1.33 bits per heavy atom. The molecule has 0 aliphatic heterocycles. The third kappa shape index (κ3) is 2.81. The lowest BCUT2D eigenvalue weighted by Gasteiger charge is -2.20. The first-order chi connectivity index (χ1) is 7.20. The van der Waals surface area contributed by atoms with E-state index in [4.69, 9.17) is 0 Å². The van der Waals surface area contributed by atoms with E-state index >= 15 is 0 Å². The van der Waals surface area contributed by atoms with Gasteiger partial charge in [0.05, 0.1) is 0 Å². The number of nitrogens with zero attached hydrogens (tertiary/aromatic N) is 3. The second-order valence-corrected chi connectivity index (χ2v) is 3.62. The lowest BCUT2D eigenvalue weighted by molar-refractivity contribution is 0.829. The maximum absolute atomic E-state index is 4.31. The molecular weight excluding hydrogens is 188 g/mol. The van der Waals surface area contributed by atoms with Gasteiger partial charge in [0.25, 0.3) is 0 Å². The van der Waals surface area contributed by atoms with Crippen molar-refractivity contribution < 1.29 is 0 Å². The molecule has 0 atom stereocenters. The van der Waals surface area contributed by atoms with Crippen molar-refractivity contribution in [2.24, 2.45) is 0 Å². The highest BCUT2D eigenvalue weighted by molar-refractivity contribution is 5.57. The normalized spacial score (nSPS) is 10.1. The smallest absolute Gasteiger partial charge is 0.136 e. The minimum atomic E-state index is 0.884. The van der Waals surface area contributed by atoms with Crippen LogP contribution < -0.4 is 10.2 Å². The molecule has 1 rings (SSSR count). The highest BCUT2D eigenvalue weighted by Gasteiger charge is 2.09. The minimum absolute atomic E-state index is 0.884. The van der Waals surface area contributed by atoms with E-state index in [1.807, 2.05) is 0 Å². The molecule has 4 nitrogen and oxygen atoms in total. The fourth-order valence-electron chi connectivity index (χ4n) is 1.61. The molecule has 0 unspecified atom stereocenters. The highest BCUT2D eigenvalue weighted by Crippen LogP contribution is 2.20. The maximum atomic E-state index is 4.31. The van der Waals surface area contributed by atoms with Crippen LogP contribution in [0, 0.1) is 6.92 Å². The first-order valence-corrected chi connectivity index (χ1v) is 5.47. The second kappa shape index (κ2) is 5.53. The van der Waals surface area contributed by atoms with Crippen molar-refractivity contribution >= 4 is 11.6 Å². The predicted molar refractivity (Wildman–Crippen MR) is 64.5 cm³/mol. The summed E-state index contributed by atoms with van der Waals surface area (Å²) in [4.78, 5) is 10.7. The van der Waals surface area contributed by atoms with Gasteiger partial charge in [-0.1, -0.05) is 6.92 Å². The van der Waals surface area contributed by atoms with Crippen LogP contribution >= 0.6 is 0 Å². The molecule has 4 heteroatoms. The van der Waals surface area contributed by atoms with Crippen molar-refractivity contribution in [2.75, 3.05) is 30.4 Å². The summed E-state index contributed by atoms with van der Waals surface area (Å²) in [7, 11) is 2.06. The van der Waals surface area contributed by atoms with Gasteiger partial charge in [-0.2, -0.15) is 0 Å². The van der Waals surface area contributed by atoms with Gasteiger partial charge in [-0.3, -0.25) is 0 Å². The third-order valence-corrected chi connectivity index (χ3v) is 2.32. The Labute approximate surface area is 91.7 Å². The number of anilines is 2. The van der Waals surface area contributed by atoms with E-state index in [1.165, 1.54) is 0 Å². The van der Waals surface area contributed by atoms with Crippen LogP contribution in [-0.2, 0) is 0 Å². The predicted octanol–water partition coefficient (Wildman–Crippen LogP) is 2.06. The summed E-state index contributed by atoms with van der Waals surface area (Å²) in [6.07, 6.45) is 2.74. The van der Waals surface area contributed by atoms with Crippen LogP contribution in [0.3, 0.4) is 0 Å². The summed E-state index contributed by atoms with van der Waals surface area (Å²) in [5.74, 6) is 1.95. The van der Waals surface area contributed by atoms with Crippen molar-refractivity contribution in [3.05, 3.63) is 11.9 Å². The zero-order valence-corrected chi connectivity index (χ0v) is 10.0. The summed E-state index contributed by atoms with van der Waals surface area (Å²) in [6, 6.07) is 0. The minimum Gasteiger partial charge on any atom is -0.370 e. The van der Waals surface area contributed by atoms with Crippen LogP contribution in [0.4, 0.5) is 11.6 Å². The summed E-state index contributed by atoms with van der Waals surface area (Å²) in [6.45, 7) is 8.19. The van der Waals surface area contributed by atoms with E-state index in [9.17, 15) is 0 Å². The van der Waals surface area contributed by atoms with Gasteiger partial charge in [0.2, 0.25) is 0 Å². The lowest BCUT2D eigenvalue weighted by Crippen LogP contribution is -2.21. The molecule has 1 heterocycles. The van der Waals surface area contributed by atoms with Gasteiger partial charge in [0.15, 0.2) is 0 Å². The van der Waals surface area contributed by atoms with Crippen LogP contribution in [0.25, 0.3) is 0 Å². The molecule has 0 radical (unpaired) electrons. The van der Waals surface area contributed by atoms with Gasteiger partial charge in [0.1, 0.15) is 18.0 Å². The zero-order valence-electron chi connectivity index (χ0n) is 10.0. The molecule has 1 aromatic heterocycles. The van der Waals surface area contributed by atoms with Crippen molar-refractivity contribution in [3.63, 3.8) is 0 Å². The van der Waals surface area contributed by atoms with Crippen molar-refractivity contribution in [2.45, 2.75) is 27.2 Å². The first kappa shape index (κ1) is 11.8. The van der Waals surface area contributed by atoms with Gasteiger partial charge in [-0.15, -0.1) is 0 Å². The van der Waals surface area contributed by atoms with Gasteiger partial charge >= 0.3 is 0 Å². The molecule has 1 N–H and O–H groups in total. The maximum Gasteiger partial charge on any atom is 0.136 e. The highest BCUT2D eigenvalue weighted by atomic mass is 15.2.